The summed E-state index contributed by atoms with van der Waals surface area (Å²) in [7, 11) is 0. The number of hydrogen-bond acceptors (Lipinski definition) is 3. The lowest BCUT2D eigenvalue weighted by Crippen LogP contribution is -2.20. The summed E-state index contributed by atoms with van der Waals surface area (Å²) in [6.07, 6.45) is 1.99. The largest absolute Gasteiger partial charge is 0.484 e. The van der Waals surface area contributed by atoms with E-state index in [2.05, 4.69) is 5.32 Å². The molecule has 124 valence electrons. The molecule has 2 aromatic carbocycles. The number of carbonyl (C=O) groups excluding carboxylic acids is 2. The second kappa shape index (κ2) is 6.87. The predicted octanol–water partition coefficient (Wildman–Crippen LogP) is 3.91. The summed E-state index contributed by atoms with van der Waals surface area (Å²) in [5.74, 6) is 0.857. The molecule has 24 heavy (non-hydrogen) atoms. The number of hydrogen-bond donors (Lipinski definition) is 1. The van der Waals surface area contributed by atoms with E-state index < -0.39 is 0 Å². The van der Waals surface area contributed by atoms with Crippen LogP contribution in [-0.2, 0) is 4.79 Å². The Morgan fingerprint density at radius 1 is 1.04 bits per heavy atom. The minimum Gasteiger partial charge on any atom is -0.484 e. The van der Waals surface area contributed by atoms with Crippen molar-refractivity contribution in [1.82, 2.24) is 0 Å². The van der Waals surface area contributed by atoms with Gasteiger partial charge in [-0.1, -0.05) is 6.07 Å². The van der Waals surface area contributed by atoms with Crippen LogP contribution in [-0.4, -0.2) is 18.3 Å². The molecule has 0 bridgehead atoms. The number of aryl methyl sites for hydroxylation is 2. The van der Waals surface area contributed by atoms with Crippen molar-refractivity contribution in [2.45, 2.75) is 26.7 Å². The molecule has 0 spiro atoms. The smallest absolute Gasteiger partial charge is 0.262 e. The molecule has 1 amide bonds. The van der Waals surface area contributed by atoms with Gasteiger partial charge in [0.05, 0.1) is 0 Å². The number of nitrogens with one attached hydrogen (secondary N) is 1. The zero-order valence-corrected chi connectivity index (χ0v) is 14.0. The first-order chi connectivity index (χ1) is 11.5. The van der Waals surface area contributed by atoms with Gasteiger partial charge in [-0.3, -0.25) is 9.59 Å². The highest BCUT2D eigenvalue weighted by molar-refractivity contribution is 6.00. The summed E-state index contributed by atoms with van der Waals surface area (Å²) >= 11 is 0. The maximum absolute atomic E-state index is 12.0. The first-order valence-electron chi connectivity index (χ1n) is 8.17. The summed E-state index contributed by atoms with van der Waals surface area (Å²) < 4.78 is 5.51. The standard InChI is InChI=1S/C20H21NO3/c1-13-3-10-18(11-14(13)2)24-12-19(22)21-17-8-6-16(7-9-17)20(23)15-4-5-15/h3,6-11,15H,4-5,12H2,1-2H3,(H,21,22). The van der Waals surface area contributed by atoms with Crippen molar-refractivity contribution in [3.05, 3.63) is 59.2 Å². The Morgan fingerprint density at radius 3 is 2.38 bits per heavy atom. The Balaban J connectivity index is 1.52. The molecule has 0 saturated heterocycles. The van der Waals surface area contributed by atoms with Crippen molar-refractivity contribution >= 4 is 17.4 Å². The number of carbonyl (C=O) groups is 2. The van der Waals surface area contributed by atoms with Gasteiger partial charge < -0.3 is 10.1 Å². The van der Waals surface area contributed by atoms with E-state index in [4.69, 9.17) is 4.74 Å². The van der Waals surface area contributed by atoms with E-state index in [1.807, 2.05) is 32.0 Å². The zero-order valence-electron chi connectivity index (χ0n) is 14.0. The van der Waals surface area contributed by atoms with Gasteiger partial charge in [0.25, 0.3) is 5.91 Å². The number of ether oxygens (including phenoxy) is 1. The molecule has 0 aromatic heterocycles. The van der Waals surface area contributed by atoms with Crippen LogP contribution >= 0.6 is 0 Å². The van der Waals surface area contributed by atoms with E-state index >= 15 is 0 Å². The van der Waals surface area contributed by atoms with E-state index in [0.717, 1.165) is 18.4 Å². The lowest BCUT2D eigenvalue weighted by atomic mass is 10.1. The lowest BCUT2D eigenvalue weighted by molar-refractivity contribution is -0.118. The molecular weight excluding hydrogens is 302 g/mol. The van der Waals surface area contributed by atoms with Crippen LogP contribution in [0.3, 0.4) is 0 Å². The fourth-order valence-corrected chi connectivity index (χ4v) is 2.45. The molecule has 2 aromatic rings. The van der Waals surface area contributed by atoms with Gasteiger partial charge in [-0.15, -0.1) is 0 Å². The van der Waals surface area contributed by atoms with E-state index in [1.54, 1.807) is 24.3 Å². The summed E-state index contributed by atoms with van der Waals surface area (Å²) in [5, 5.41) is 2.77. The normalized spacial score (nSPS) is 13.4. The monoisotopic (exact) mass is 323 g/mol. The maximum atomic E-state index is 12.0. The van der Waals surface area contributed by atoms with Crippen LogP contribution in [0.25, 0.3) is 0 Å². The van der Waals surface area contributed by atoms with Crippen molar-refractivity contribution in [1.29, 1.82) is 0 Å². The van der Waals surface area contributed by atoms with Crippen LogP contribution < -0.4 is 10.1 Å². The summed E-state index contributed by atoms with van der Waals surface area (Å²) in [6, 6.07) is 12.8. The van der Waals surface area contributed by atoms with Crippen molar-refractivity contribution in [3.63, 3.8) is 0 Å². The minimum atomic E-state index is -0.227. The Morgan fingerprint density at radius 2 is 1.75 bits per heavy atom. The Labute approximate surface area is 141 Å². The zero-order chi connectivity index (χ0) is 17.1. The van der Waals surface area contributed by atoms with Gasteiger partial charge in [-0.25, -0.2) is 0 Å². The molecule has 1 aliphatic rings. The Bertz CT molecular complexity index is 761. The highest BCUT2D eigenvalue weighted by Gasteiger charge is 2.30. The van der Waals surface area contributed by atoms with Crippen LogP contribution in [0.1, 0.15) is 34.3 Å². The second-order valence-electron chi connectivity index (χ2n) is 6.30. The molecule has 1 N–H and O–H groups in total. The first-order valence-corrected chi connectivity index (χ1v) is 8.17. The highest BCUT2D eigenvalue weighted by Crippen LogP contribution is 2.32. The van der Waals surface area contributed by atoms with Crippen molar-refractivity contribution in [2.75, 3.05) is 11.9 Å². The van der Waals surface area contributed by atoms with Gasteiger partial charge in [0, 0.05) is 17.2 Å². The van der Waals surface area contributed by atoms with E-state index in [0.29, 0.717) is 17.0 Å². The molecule has 0 aliphatic heterocycles. The van der Waals surface area contributed by atoms with Crippen LogP contribution in [0.2, 0.25) is 0 Å². The summed E-state index contributed by atoms with van der Waals surface area (Å²) in [6.45, 7) is 3.99. The van der Waals surface area contributed by atoms with Crippen molar-refractivity contribution < 1.29 is 14.3 Å². The van der Waals surface area contributed by atoms with E-state index in [9.17, 15) is 9.59 Å². The fourth-order valence-electron chi connectivity index (χ4n) is 2.45. The fraction of sp³-hybridized carbons (Fsp3) is 0.300. The highest BCUT2D eigenvalue weighted by atomic mass is 16.5. The van der Waals surface area contributed by atoms with Gasteiger partial charge in [-0.05, 0) is 74.2 Å². The first kappa shape index (κ1) is 16.2. The van der Waals surface area contributed by atoms with Crippen LogP contribution in [0.4, 0.5) is 5.69 Å². The predicted molar refractivity (Wildman–Crippen MR) is 93.5 cm³/mol. The van der Waals surface area contributed by atoms with Crippen molar-refractivity contribution in [3.8, 4) is 5.75 Å². The molecule has 4 heteroatoms. The molecule has 0 atom stereocenters. The number of rotatable bonds is 6. The van der Waals surface area contributed by atoms with Crippen molar-refractivity contribution in [2.24, 2.45) is 5.92 Å². The summed E-state index contributed by atoms with van der Waals surface area (Å²) in [4.78, 5) is 23.9. The van der Waals surface area contributed by atoms with E-state index in [1.165, 1.54) is 5.56 Å². The van der Waals surface area contributed by atoms with Crippen LogP contribution in [0.15, 0.2) is 42.5 Å². The van der Waals surface area contributed by atoms with Gasteiger partial charge in [0.2, 0.25) is 0 Å². The quantitative estimate of drug-likeness (QED) is 0.820. The molecular formula is C20H21NO3. The number of ketones is 1. The summed E-state index contributed by atoms with van der Waals surface area (Å²) in [5.41, 5.74) is 3.69. The van der Waals surface area contributed by atoms with Gasteiger partial charge in [-0.2, -0.15) is 0 Å². The third kappa shape index (κ3) is 4.02. The average Bonchev–Trinajstić information content (AvgIpc) is 3.41. The Hall–Kier alpha value is -2.62. The molecule has 3 rings (SSSR count). The average molecular weight is 323 g/mol. The molecule has 1 saturated carbocycles. The number of Topliss-reactive ketones (excluding diaryl/α,β-unsaturated/α-hetero) is 1. The topological polar surface area (TPSA) is 55.4 Å². The maximum Gasteiger partial charge on any atom is 0.262 e. The van der Waals surface area contributed by atoms with Crippen LogP contribution in [0, 0.1) is 19.8 Å². The van der Waals surface area contributed by atoms with Gasteiger partial charge in [0.15, 0.2) is 12.4 Å². The molecule has 0 heterocycles. The van der Waals surface area contributed by atoms with Gasteiger partial charge >= 0.3 is 0 Å². The SMILES string of the molecule is Cc1ccc(OCC(=O)Nc2ccc(C(=O)C3CC3)cc2)cc1C. The second-order valence-corrected chi connectivity index (χ2v) is 6.30. The van der Waals surface area contributed by atoms with Crippen LogP contribution in [0.5, 0.6) is 5.75 Å². The number of anilines is 1. The van der Waals surface area contributed by atoms with E-state index in [-0.39, 0.29) is 24.2 Å². The molecule has 1 aliphatic carbocycles. The third-order valence-corrected chi connectivity index (χ3v) is 4.25. The number of amides is 1. The Kier molecular flexibility index (Phi) is 4.65. The minimum absolute atomic E-state index is 0.0503. The van der Waals surface area contributed by atoms with Gasteiger partial charge in [0.1, 0.15) is 5.75 Å². The molecule has 4 nitrogen and oxygen atoms in total. The lowest BCUT2D eigenvalue weighted by Gasteiger charge is -2.09. The molecule has 1 fully saturated rings. The number of benzene rings is 2. The molecule has 0 unspecified atom stereocenters. The molecule has 0 radical (unpaired) electrons. The third-order valence-electron chi connectivity index (χ3n) is 4.25.